The monoisotopic (exact) mass is 275 g/mol. The standard InChI is InChI=1S/C16H21NOS/c1-17-14(10-12-6-8-19-9-7-12)16-11-13-4-2-3-5-15(13)18-16/h2-5,11-12,14,17H,6-10H2,1H3. The summed E-state index contributed by atoms with van der Waals surface area (Å²) in [6, 6.07) is 10.8. The van der Waals surface area contributed by atoms with Crippen LogP contribution in [0.4, 0.5) is 0 Å². The van der Waals surface area contributed by atoms with Crippen molar-refractivity contribution in [3.8, 4) is 0 Å². The van der Waals surface area contributed by atoms with E-state index in [0.29, 0.717) is 6.04 Å². The third-order valence-corrected chi connectivity index (χ3v) is 5.10. The first-order valence-corrected chi connectivity index (χ1v) is 8.26. The molecule has 1 unspecified atom stereocenters. The van der Waals surface area contributed by atoms with Crippen LogP contribution in [0.3, 0.4) is 0 Å². The summed E-state index contributed by atoms with van der Waals surface area (Å²) < 4.78 is 5.99. The van der Waals surface area contributed by atoms with Crippen LogP contribution in [0.1, 0.15) is 31.1 Å². The maximum absolute atomic E-state index is 5.99. The van der Waals surface area contributed by atoms with Gasteiger partial charge >= 0.3 is 0 Å². The molecule has 1 aliphatic rings. The molecular formula is C16H21NOS. The van der Waals surface area contributed by atoms with E-state index < -0.39 is 0 Å². The fourth-order valence-corrected chi connectivity index (χ4v) is 4.07. The summed E-state index contributed by atoms with van der Waals surface area (Å²) in [5.41, 5.74) is 0.997. The Morgan fingerprint density at radius 3 is 2.84 bits per heavy atom. The van der Waals surface area contributed by atoms with Crippen LogP contribution in [0.25, 0.3) is 11.0 Å². The first-order valence-electron chi connectivity index (χ1n) is 7.10. The second-order valence-electron chi connectivity index (χ2n) is 5.32. The molecule has 2 aromatic rings. The van der Waals surface area contributed by atoms with Gasteiger partial charge in [0.25, 0.3) is 0 Å². The number of nitrogens with one attached hydrogen (secondary N) is 1. The number of para-hydroxylation sites is 1. The minimum Gasteiger partial charge on any atom is -0.459 e. The Morgan fingerprint density at radius 1 is 1.32 bits per heavy atom. The number of thioether (sulfide) groups is 1. The molecule has 0 radical (unpaired) electrons. The molecular weight excluding hydrogens is 254 g/mol. The molecule has 1 aliphatic heterocycles. The Labute approximate surface area is 118 Å². The second-order valence-corrected chi connectivity index (χ2v) is 6.54. The molecule has 1 aromatic carbocycles. The molecule has 2 nitrogen and oxygen atoms in total. The zero-order chi connectivity index (χ0) is 13.1. The zero-order valence-electron chi connectivity index (χ0n) is 11.4. The van der Waals surface area contributed by atoms with E-state index in [-0.39, 0.29) is 0 Å². The molecule has 0 spiro atoms. The van der Waals surface area contributed by atoms with Gasteiger partial charge in [-0.15, -0.1) is 0 Å². The van der Waals surface area contributed by atoms with Crippen molar-refractivity contribution in [2.45, 2.75) is 25.3 Å². The highest BCUT2D eigenvalue weighted by molar-refractivity contribution is 7.99. The van der Waals surface area contributed by atoms with Crippen molar-refractivity contribution in [3.63, 3.8) is 0 Å². The fourth-order valence-electron chi connectivity index (χ4n) is 2.87. The van der Waals surface area contributed by atoms with Crippen LogP contribution < -0.4 is 5.32 Å². The van der Waals surface area contributed by atoms with Crippen molar-refractivity contribution in [1.82, 2.24) is 5.32 Å². The molecule has 1 fully saturated rings. The van der Waals surface area contributed by atoms with Crippen LogP contribution in [-0.2, 0) is 0 Å². The van der Waals surface area contributed by atoms with Gasteiger partial charge in [0.2, 0.25) is 0 Å². The predicted molar refractivity (Wildman–Crippen MR) is 82.7 cm³/mol. The van der Waals surface area contributed by atoms with Crippen molar-refractivity contribution < 1.29 is 4.42 Å². The van der Waals surface area contributed by atoms with Gasteiger partial charge in [0.15, 0.2) is 0 Å². The van der Waals surface area contributed by atoms with E-state index in [9.17, 15) is 0 Å². The average Bonchev–Trinajstić information content (AvgIpc) is 2.89. The van der Waals surface area contributed by atoms with Gasteiger partial charge in [-0.2, -0.15) is 11.8 Å². The third-order valence-electron chi connectivity index (χ3n) is 4.05. The first kappa shape index (κ1) is 13.1. The molecule has 19 heavy (non-hydrogen) atoms. The summed E-state index contributed by atoms with van der Waals surface area (Å²) >= 11 is 2.09. The average molecular weight is 275 g/mol. The topological polar surface area (TPSA) is 25.2 Å². The van der Waals surface area contributed by atoms with Gasteiger partial charge in [0.1, 0.15) is 11.3 Å². The van der Waals surface area contributed by atoms with Crippen LogP contribution in [0.15, 0.2) is 34.7 Å². The lowest BCUT2D eigenvalue weighted by atomic mass is 9.93. The Balaban J connectivity index is 1.76. The molecule has 1 N–H and O–H groups in total. The molecule has 3 heteroatoms. The van der Waals surface area contributed by atoms with E-state index in [1.54, 1.807) is 0 Å². The number of benzene rings is 1. The minimum atomic E-state index is 0.348. The smallest absolute Gasteiger partial charge is 0.134 e. The number of hydrogen-bond acceptors (Lipinski definition) is 3. The zero-order valence-corrected chi connectivity index (χ0v) is 12.2. The van der Waals surface area contributed by atoms with E-state index in [2.05, 4.69) is 35.3 Å². The molecule has 0 aliphatic carbocycles. The quantitative estimate of drug-likeness (QED) is 0.904. The van der Waals surface area contributed by atoms with Crippen molar-refractivity contribution in [2.24, 2.45) is 5.92 Å². The highest BCUT2D eigenvalue weighted by atomic mass is 32.2. The largest absolute Gasteiger partial charge is 0.459 e. The van der Waals surface area contributed by atoms with Crippen LogP contribution in [0, 0.1) is 5.92 Å². The maximum atomic E-state index is 5.99. The molecule has 0 amide bonds. The number of hydrogen-bond donors (Lipinski definition) is 1. The molecule has 1 aromatic heterocycles. The molecule has 2 heterocycles. The molecule has 0 saturated carbocycles. The Bertz CT molecular complexity index is 497. The highest BCUT2D eigenvalue weighted by Crippen LogP contribution is 2.32. The van der Waals surface area contributed by atoms with E-state index in [0.717, 1.165) is 17.3 Å². The summed E-state index contributed by atoms with van der Waals surface area (Å²) in [6.45, 7) is 0. The molecule has 3 rings (SSSR count). The fraction of sp³-hybridized carbons (Fsp3) is 0.500. The van der Waals surface area contributed by atoms with Gasteiger partial charge in [-0.05, 0) is 55.9 Å². The predicted octanol–water partition coefficient (Wildman–Crippen LogP) is 4.23. The lowest BCUT2D eigenvalue weighted by molar-refractivity contribution is 0.347. The van der Waals surface area contributed by atoms with Gasteiger partial charge < -0.3 is 9.73 Å². The van der Waals surface area contributed by atoms with Gasteiger partial charge in [-0.25, -0.2) is 0 Å². The first-order chi connectivity index (χ1) is 9.36. The summed E-state index contributed by atoms with van der Waals surface area (Å²) in [4.78, 5) is 0. The van der Waals surface area contributed by atoms with Gasteiger partial charge in [0.05, 0.1) is 6.04 Å². The molecule has 1 saturated heterocycles. The van der Waals surface area contributed by atoms with E-state index in [4.69, 9.17) is 4.42 Å². The Hall–Kier alpha value is -0.930. The van der Waals surface area contributed by atoms with Crippen LogP contribution in [-0.4, -0.2) is 18.6 Å². The van der Waals surface area contributed by atoms with Crippen molar-refractivity contribution in [3.05, 3.63) is 36.1 Å². The molecule has 1 atom stereocenters. The SMILES string of the molecule is CNC(CC1CCSCC1)c1cc2ccccc2o1. The lowest BCUT2D eigenvalue weighted by Gasteiger charge is -2.25. The summed E-state index contributed by atoms with van der Waals surface area (Å²) in [6.07, 6.45) is 3.89. The maximum Gasteiger partial charge on any atom is 0.134 e. The van der Waals surface area contributed by atoms with Crippen molar-refractivity contribution >= 4 is 22.7 Å². The Kier molecular flexibility index (Phi) is 4.14. The van der Waals surface area contributed by atoms with Crippen LogP contribution >= 0.6 is 11.8 Å². The van der Waals surface area contributed by atoms with Crippen LogP contribution in [0.2, 0.25) is 0 Å². The van der Waals surface area contributed by atoms with Crippen molar-refractivity contribution in [2.75, 3.05) is 18.6 Å². The highest BCUT2D eigenvalue weighted by Gasteiger charge is 2.21. The van der Waals surface area contributed by atoms with Gasteiger partial charge in [-0.1, -0.05) is 18.2 Å². The normalized spacial score (nSPS) is 18.8. The molecule has 0 bridgehead atoms. The Morgan fingerprint density at radius 2 is 2.11 bits per heavy atom. The number of furan rings is 1. The van der Waals surface area contributed by atoms with Gasteiger partial charge in [-0.3, -0.25) is 0 Å². The lowest BCUT2D eigenvalue weighted by Crippen LogP contribution is -2.21. The van der Waals surface area contributed by atoms with E-state index in [1.165, 1.54) is 36.2 Å². The van der Waals surface area contributed by atoms with Crippen LogP contribution in [0.5, 0.6) is 0 Å². The van der Waals surface area contributed by atoms with Crippen molar-refractivity contribution in [1.29, 1.82) is 0 Å². The summed E-state index contributed by atoms with van der Waals surface area (Å²) in [5.74, 6) is 4.57. The minimum absolute atomic E-state index is 0.348. The second kappa shape index (κ2) is 6.02. The third kappa shape index (κ3) is 2.98. The number of rotatable bonds is 4. The summed E-state index contributed by atoms with van der Waals surface area (Å²) in [7, 11) is 2.04. The summed E-state index contributed by atoms with van der Waals surface area (Å²) in [5, 5.41) is 4.63. The number of fused-ring (bicyclic) bond motifs is 1. The van der Waals surface area contributed by atoms with E-state index >= 15 is 0 Å². The van der Waals surface area contributed by atoms with Gasteiger partial charge in [0, 0.05) is 5.39 Å². The van der Waals surface area contributed by atoms with E-state index in [1.807, 2.05) is 19.2 Å². The molecule has 102 valence electrons.